The number of hydrogen-bond donors (Lipinski definition) is 0. The fourth-order valence-corrected chi connectivity index (χ4v) is 3.83. The van der Waals surface area contributed by atoms with Crippen molar-refractivity contribution in [3.63, 3.8) is 0 Å². The van der Waals surface area contributed by atoms with Crippen molar-refractivity contribution in [3.8, 4) is 0 Å². The maximum atomic E-state index is 13.2. The summed E-state index contributed by atoms with van der Waals surface area (Å²) >= 11 is 0. The van der Waals surface area contributed by atoms with Crippen LogP contribution in [0.3, 0.4) is 0 Å². The van der Waals surface area contributed by atoms with Gasteiger partial charge in [0, 0.05) is 30.4 Å². The van der Waals surface area contributed by atoms with Crippen LogP contribution in [0.2, 0.25) is 0 Å². The standard InChI is InChI=1S/C18H25N3O2/c1-10-13(4)23-14(5)16(10)18(22)21-9-7-8-15(21)17-11(2)19-20(6)12(17)3/h15H,7-9H2,1-6H3/t15-/m1/s1. The van der Waals surface area contributed by atoms with Crippen LogP contribution in [-0.2, 0) is 7.05 Å². The minimum Gasteiger partial charge on any atom is -0.466 e. The second-order valence-electron chi connectivity index (χ2n) is 6.58. The zero-order chi connectivity index (χ0) is 16.9. The molecule has 2 aromatic heterocycles. The van der Waals surface area contributed by atoms with E-state index in [-0.39, 0.29) is 11.9 Å². The van der Waals surface area contributed by atoms with E-state index in [4.69, 9.17) is 4.42 Å². The molecule has 0 N–H and O–H groups in total. The first-order valence-electron chi connectivity index (χ1n) is 8.20. The van der Waals surface area contributed by atoms with Crippen LogP contribution in [0.4, 0.5) is 0 Å². The average molecular weight is 315 g/mol. The van der Waals surface area contributed by atoms with Gasteiger partial charge in [-0.25, -0.2) is 0 Å². The Hall–Kier alpha value is -2.04. The van der Waals surface area contributed by atoms with E-state index in [0.29, 0.717) is 0 Å². The third-order valence-corrected chi connectivity index (χ3v) is 5.19. The molecule has 0 radical (unpaired) electrons. The van der Waals surface area contributed by atoms with Gasteiger partial charge >= 0.3 is 0 Å². The Bertz CT molecular complexity index is 770. The van der Waals surface area contributed by atoms with E-state index in [1.54, 1.807) is 0 Å². The van der Waals surface area contributed by atoms with Crippen molar-refractivity contribution < 1.29 is 9.21 Å². The molecule has 1 aliphatic rings. The molecule has 5 nitrogen and oxygen atoms in total. The second-order valence-corrected chi connectivity index (χ2v) is 6.58. The highest BCUT2D eigenvalue weighted by atomic mass is 16.3. The molecule has 0 aromatic carbocycles. The molecule has 1 aliphatic heterocycles. The number of carbonyl (C=O) groups is 1. The SMILES string of the molecule is Cc1nn(C)c(C)c1[C@H]1CCCN1C(=O)c1c(C)oc(C)c1C. The number of aromatic nitrogens is 2. The maximum Gasteiger partial charge on any atom is 0.258 e. The van der Waals surface area contributed by atoms with Crippen molar-refractivity contribution in [3.05, 3.63) is 39.6 Å². The summed E-state index contributed by atoms with van der Waals surface area (Å²) in [6.45, 7) is 10.6. The van der Waals surface area contributed by atoms with Gasteiger partial charge in [0.25, 0.3) is 5.91 Å². The number of amides is 1. The smallest absolute Gasteiger partial charge is 0.258 e. The molecule has 0 aliphatic carbocycles. The van der Waals surface area contributed by atoms with Crippen molar-refractivity contribution in [2.75, 3.05) is 6.54 Å². The Balaban J connectivity index is 2.00. The summed E-state index contributed by atoms with van der Waals surface area (Å²) in [5, 5.41) is 4.52. The van der Waals surface area contributed by atoms with E-state index in [0.717, 1.165) is 53.4 Å². The van der Waals surface area contributed by atoms with Gasteiger partial charge in [-0.1, -0.05) is 0 Å². The molecule has 3 rings (SSSR count). The third kappa shape index (κ3) is 2.38. The average Bonchev–Trinajstić information content (AvgIpc) is 3.10. The fraction of sp³-hybridized carbons (Fsp3) is 0.556. The summed E-state index contributed by atoms with van der Waals surface area (Å²) in [5.74, 6) is 1.63. The van der Waals surface area contributed by atoms with Gasteiger partial charge < -0.3 is 9.32 Å². The lowest BCUT2D eigenvalue weighted by molar-refractivity contribution is 0.0732. The second kappa shape index (κ2) is 5.55. The lowest BCUT2D eigenvalue weighted by Crippen LogP contribution is -2.31. The van der Waals surface area contributed by atoms with E-state index in [9.17, 15) is 4.79 Å². The van der Waals surface area contributed by atoms with Crippen molar-refractivity contribution >= 4 is 5.91 Å². The van der Waals surface area contributed by atoms with Gasteiger partial charge in [0.15, 0.2) is 0 Å². The number of rotatable bonds is 2. The molecule has 3 heterocycles. The van der Waals surface area contributed by atoms with Crippen molar-refractivity contribution in [1.29, 1.82) is 0 Å². The van der Waals surface area contributed by atoms with E-state index >= 15 is 0 Å². The summed E-state index contributed by atoms with van der Waals surface area (Å²) < 4.78 is 7.56. The van der Waals surface area contributed by atoms with Crippen molar-refractivity contribution in [2.45, 2.75) is 53.5 Å². The lowest BCUT2D eigenvalue weighted by atomic mass is 10.0. The van der Waals surface area contributed by atoms with Crippen LogP contribution >= 0.6 is 0 Å². The number of nitrogens with zero attached hydrogens (tertiary/aromatic N) is 3. The molecule has 124 valence electrons. The Morgan fingerprint density at radius 3 is 2.39 bits per heavy atom. The summed E-state index contributed by atoms with van der Waals surface area (Å²) in [7, 11) is 1.96. The number of furan rings is 1. The molecular weight excluding hydrogens is 290 g/mol. The molecule has 0 unspecified atom stereocenters. The van der Waals surface area contributed by atoms with Gasteiger partial charge in [0.1, 0.15) is 11.5 Å². The van der Waals surface area contributed by atoms with Gasteiger partial charge in [-0.2, -0.15) is 5.10 Å². The van der Waals surface area contributed by atoms with Crippen LogP contribution in [0.5, 0.6) is 0 Å². The molecule has 1 atom stereocenters. The van der Waals surface area contributed by atoms with Crippen LogP contribution in [0, 0.1) is 34.6 Å². The van der Waals surface area contributed by atoms with Crippen LogP contribution in [0.1, 0.15) is 63.3 Å². The number of hydrogen-bond acceptors (Lipinski definition) is 3. The van der Waals surface area contributed by atoms with Gasteiger partial charge in [-0.05, 0) is 47.5 Å². The summed E-state index contributed by atoms with van der Waals surface area (Å²) in [6, 6.07) is 0.116. The molecule has 0 saturated carbocycles. The largest absolute Gasteiger partial charge is 0.466 e. The Morgan fingerprint density at radius 1 is 1.17 bits per heavy atom. The first kappa shape index (κ1) is 15.8. The number of carbonyl (C=O) groups excluding carboxylic acids is 1. The normalized spacial score (nSPS) is 18.0. The summed E-state index contributed by atoms with van der Waals surface area (Å²) in [4.78, 5) is 15.2. The van der Waals surface area contributed by atoms with Crippen LogP contribution < -0.4 is 0 Å². The van der Waals surface area contributed by atoms with E-state index in [1.807, 2.05) is 44.3 Å². The zero-order valence-corrected chi connectivity index (χ0v) is 14.9. The Kier molecular flexibility index (Phi) is 3.82. The minimum absolute atomic E-state index is 0.0852. The van der Waals surface area contributed by atoms with Gasteiger partial charge in [0.05, 0.1) is 17.3 Å². The summed E-state index contributed by atoms with van der Waals surface area (Å²) in [6.07, 6.45) is 2.02. The van der Waals surface area contributed by atoms with Gasteiger partial charge in [-0.15, -0.1) is 0 Å². The molecule has 1 saturated heterocycles. The first-order valence-corrected chi connectivity index (χ1v) is 8.20. The quantitative estimate of drug-likeness (QED) is 0.852. The van der Waals surface area contributed by atoms with E-state index in [2.05, 4.69) is 12.0 Å². The predicted octanol–water partition coefficient (Wildman–Crippen LogP) is 3.53. The number of aryl methyl sites for hydroxylation is 4. The molecule has 1 amide bonds. The van der Waals surface area contributed by atoms with Crippen molar-refractivity contribution in [2.24, 2.45) is 7.05 Å². The highest BCUT2D eigenvalue weighted by Crippen LogP contribution is 2.37. The van der Waals surface area contributed by atoms with Crippen molar-refractivity contribution in [1.82, 2.24) is 14.7 Å². The topological polar surface area (TPSA) is 51.3 Å². The molecule has 5 heteroatoms. The molecule has 2 aromatic rings. The van der Waals surface area contributed by atoms with Gasteiger partial charge in [-0.3, -0.25) is 9.48 Å². The van der Waals surface area contributed by atoms with E-state index in [1.165, 1.54) is 5.56 Å². The lowest BCUT2D eigenvalue weighted by Gasteiger charge is -2.25. The molecule has 0 spiro atoms. The molecular formula is C18H25N3O2. The van der Waals surface area contributed by atoms with Crippen LogP contribution in [0.25, 0.3) is 0 Å². The van der Waals surface area contributed by atoms with Crippen LogP contribution in [0.15, 0.2) is 4.42 Å². The number of likely N-dealkylation sites (tertiary alicyclic amines) is 1. The minimum atomic E-state index is 0.0852. The fourth-order valence-electron chi connectivity index (χ4n) is 3.83. The predicted molar refractivity (Wildman–Crippen MR) is 88.6 cm³/mol. The molecule has 1 fully saturated rings. The molecule has 23 heavy (non-hydrogen) atoms. The van der Waals surface area contributed by atoms with Crippen LogP contribution in [-0.4, -0.2) is 27.1 Å². The maximum absolute atomic E-state index is 13.2. The third-order valence-electron chi connectivity index (χ3n) is 5.19. The van der Waals surface area contributed by atoms with Gasteiger partial charge in [0.2, 0.25) is 0 Å². The highest BCUT2D eigenvalue weighted by molar-refractivity contribution is 5.97. The zero-order valence-electron chi connectivity index (χ0n) is 14.9. The van der Waals surface area contributed by atoms with E-state index < -0.39 is 0 Å². The Morgan fingerprint density at radius 2 is 1.87 bits per heavy atom. The first-order chi connectivity index (χ1) is 10.8. The summed E-state index contributed by atoms with van der Waals surface area (Å²) in [5.41, 5.74) is 5.05. The Labute approximate surface area is 137 Å². The molecule has 0 bridgehead atoms. The monoisotopic (exact) mass is 315 g/mol. The highest BCUT2D eigenvalue weighted by Gasteiger charge is 2.35.